The van der Waals surface area contributed by atoms with Gasteiger partial charge < -0.3 is 21.3 Å². The molecule has 2 rings (SSSR count). The Labute approximate surface area is 111 Å². The second kappa shape index (κ2) is 6.01. The normalized spacial score (nSPS) is 27.4. The van der Waals surface area contributed by atoms with E-state index < -0.39 is 5.91 Å². The minimum Gasteiger partial charge on any atom is -0.368 e. The summed E-state index contributed by atoms with van der Waals surface area (Å²) < 4.78 is 0. The molecule has 3 amide bonds. The zero-order chi connectivity index (χ0) is 13.8. The molecule has 0 bridgehead atoms. The Balaban J connectivity index is 1.79. The van der Waals surface area contributed by atoms with E-state index in [4.69, 9.17) is 5.73 Å². The van der Waals surface area contributed by atoms with E-state index in [1.165, 1.54) is 4.90 Å². The van der Waals surface area contributed by atoms with Crippen LogP contribution in [0.25, 0.3) is 0 Å². The van der Waals surface area contributed by atoms with Gasteiger partial charge in [0.1, 0.15) is 0 Å². The van der Waals surface area contributed by atoms with Crippen molar-refractivity contribution in [3.05, 3.63) is 0 Å². The van der Waals surface area contributed by atoms with Gasteiger partial charge in [0.25, 0.3) is 0 Å². The first kappa shape index (κ1) is 13.8. The van der Waals surface area contributed by atoms with Crippen molar-refractivity contribution in [2.45, 2.75) is 37.8 Å². The molecule has 0 aromatic carbocycles. The zero-order valence-corrected chi connectivity index (χ0v) is 10.9. The van der Waals surface area contributed by atoms with E-state index in [-0.39, 0.29) is 36.9 Å². The summed E-state index contributed by atoms with van der Waals surface area (Å²) in [7, 11) is 0. The van der Waals surface area contributed by atoms with Crippen molar-refractivity contribution in [3.8, 4) is 0 Å². The number of carbonyl (C=O) groups is 3. The molecule has 0 spiro atoms. The summed E-state index contributed by atoms with van der Waals surface area (Å²) >= 11 is 0. The van der Waals surface area contributed by atoms with Crippen LogP contribution in [-0.4, -0.2) is 54.3 Å². The molecule has 4 N–H and O–H groups in total. The molecule has 0 radical (unpaired) electrons. The Morgan fingerprint density at radius 3 is 2.79 bits per heavy atom. The fraction of sp³-hybridized carbons (Fsp3) is 0.750. The second-order valence-electron chi connectivity index (χ2n) is 5.13. The molecule has 1 unspecified atom stereocenters. The predicted octanol–water partition coefficient (Wildman–Crippen LogP) is -1.67. The number of nitrogens with zero attached hydrogens (tertiary/aromatic N) is 1. The van der Waals surface area contributed by atoms with E-state index >= 15 is 0 Å². The standard InChI is InChI=1S/C12H20N4O3/c13-10(17)7-16-5-3-8(6-11(16)18)15-12(19)9-2-1-4-14-9/h8-9,14H,1-7H2,(H2,13,17)(H,15,19)/t8-,9?/m0/s1. The lowest BCUT2D eigenvalue weighted by molar-refractivity contribution is -0.138. The van der Waals surface area contributed by atoms with Gasteiger partial charge in [-0.15, -0.1) is 0 Å². The molecule has 0 saturated carbocycles. The molecule has 0 aromatic heterocycles. The smallest absolute Gasteiger partial charge is 0.237 e. The Kier molecular flexibility index (Phi) is 4.36. The molecule has 0 aromatic rings. The van der Waals surface area contributed by atoms with Gasteiger partial charge in [-0.3, -0.25) is 14.4 Å². The van der Waals surface area contributed by atoms with Crippen LogP contribution in [0.4, 0.5) is 0 Å². The summed E-state index contributed by atoms with van der Waals surface area (Å²) in [6, 6.07) is -0.259. The van der Waals surface area contributed by atoms with Crippen LogP contribution in [0.15, 0.2) is 0 Å². The van der Waals surface area contributed by atoms with Gasteiger partial charge in [0.05, 0.1) is 12.6 Å². The number of nitrogens with two attached hydrogens (primary N) is 1. The van der Waals surface area contributed by atoms with Crippen LogP contribution < -0.4 is 16.4 Å². The molecular weight excluding hydrogens is 248 g/mol. The first-order valence-corrected chi connectivity index (χ1v) is 6.66. The van der Waals surface area contributed by atoms with Crippen molar-refractivity contribution in [2.75, 3.05) is 19.6 Å². The van der Waals surface area contributed by atoms with Crippen LogP contribution in [0, 0.1) is 0 Å². The second-order valence-corrected chi connectivity index (χ2v) is 5.13. The van der Waals surface area contributed by atoms with E-state index in [9.17, 15) is 14.4 Å². The van der Waals surface area contributed by atoms with Crippen LogP contribution in [0.3, 0.4) is 0 Å². The van der Waals surface area contributed by atoms with Gasteiger partial charge in [0.2, 0.25) is 17.7 Å². The van der Waals surface area contributed by atoms with Crippen molar-refractivity contribution in [2.24, 2.45) is 5.73 Å². The van der Waals surface area contributed by atoms with E-state index in [1.807, 2.05) is 0 Å². The van der Waals surface area contributed by atoms with E-state index in [1.54, 1.807) is 0 Å². The third kappa shape index (κ3) is 3.66. The fourth-order valence-electron chi connectivity index (χ4n) is 2.57. The van der Waals surface area contributed by atoms with E-state index in [0.717, 1.165) is 19.4 Å². The summed E-state index contributed by atoms with van der Waals surface area (Å²) in [5, 5.41) is 6.02. The number of hydrogen-bond donors (Lipinski definition) is 3. The lowest BCUT2D eigenvalue weighted by Crippen LogP contribution is -2.52. The van der Waals surface area contributed by atoms with Crippen LogP contribution in [0.5, 0.6) is 0 Å². The first-order valence-electron chi connectivity index (χ1n) is 6.66. The monoisotopic (exact) mass is 268 g/mol. The average molecular weight is 268 g/mol. The Hall–Kier alpha value is -1.63. The highest BCUT2D eigenvalue weighted by molar-refractivity contribution is 5.86. The van der Waals surface area contributed by atoms with Gasteiger partial charge in [-0.1, -0.05) is 0 Å². The van der Waals surface area contributed by atoms with E-state index in [2.05, 4.69) is 10.6 Å². The summed E-state index contributed by atoms with van der Waals surface area (Å²) in [6.07, 6.45) is 2.76. The highest BCUT2D eigenvalue weighted by Gasteiger charge is 2.30. The number of primary amides is 1. The molecule has 2 heterocycles. The Bertz CT molecular complexity index is 379. The van der Waals surface area contributed by atoms with Gasteiger partial charge in [-0.25, -0.2) is 0 Å². The van der Waals surface area contributed by atoms with Crippen molar-refractivity contribution in [1.82, 2.24) is 15.5 Å². The SMILES string of the molecule is NC(=O)CN1CC[C@H](NC(=O)C2CCCN2)CC1=O. The number of nitrogens with one attached hydrogen (secondary N) is 2. The maximum Gasteiger partial charge on any atom is 0.237 e. The molecule has 106 valence electrons. The van der Waals surface area contributed by atoms with E-state index in [0.29, 0.717) is 13.0 Å². The minimum absolute atomic E-state index is 0.0290. The molecule has 2 atom stereocenters. The van der Waals surface area contributed by atoms with Gasteiger partial charge in [-0.2, -0.15) is 0 Å². The van der Waals surface area contributed by atoms with Gasteiger partial charge >= 0.3 is 0 Å². The van der Waals surface area contributed by atoms with Crippen molar-refractivity contribution in [3.63, 3.8) is 0 Å². The fourth-order valence-corrected chi connectivity index (χ4v) is 2.57. The summed E-state index contributed by atoms with van der Waals surface area (Å²) in [6.45, 7) is 1.29. The summed E-state index contributed by atoms with van der Waals surface area (Å²) in [4.78, 5) is 35.9. The highest BCUT2D eigenvalue weighted by atomic mass is 16.2. The lowest BCUT2D eigenvalue weighted by Gasteiger charge is -2.31. The van der Waals surface area contributed by atoms with Crippen LogP contribution in [-0.2, 0) is 14.4 Å². The van der Waals surface area contributed by atoms with Crippen LogP contribution >= 0.6 is 0 Å². The number of likely N-dealkylation sites (tertiary alicyclic amines) is 1. The molecule has 2 saturated heterocycles. The maximum absolute atomic E-state index is 11.9. The molecule has 2 aliphatic rings. The molecular formula is C12H20N4O3. The Morgan fingerprint density at radius 2 is 2.21 bits per heavy atom. The Morgan fingerprint density at radius 1 is 1.42 bits per heavy atom. The molecule has 2 fully saturated rings. The predicted molar refractivity (Wildman–Crippen MR) is 68.0 cm³/mol. The van der Waals surface area contributed by atoms with Crippen LogP contribution in [0.2, 0.25) is 0 Å². The number of piperidine rings is 1. The molecule has 19 heavy (non-hydrogen) atoms. The van der Waals surface area contributed by atoms with Crippen molar-refractivity contribution in [1.29, 1.82) is 0 Å². The minimum atomic E-state index is -0.508. The summed E-state index contributed by atoms with van der Waals surface area (Å²) in [5.41, 5.74) is 5.07. The topological polar surface area (TPSA) is 105 Å². The average Bonchev–Trinajstić information content (AvgIpc) is 2.86. The largest absolute Gasteiger partial charge is 0.368 e. The lowest BCUT2D eigenvalue weighted by atomic mass is 10.0. The number of hydrogen-bond acceptors (Lipinski definition) is 4. The number of rotatable bonds is 4. The number of amides is 3. The molecule has 2 aliphatic heterocycles. The number of carbonyl (C=O) groups excluding carboxylic acids is 3. The zero-order valence-electron chi connectivity index (χ0n) is 10.9. The molecule has 0 aliphatic carbocycles. The quantitative estimate of drug-likeness (QED) is 0.567. The van der Waals surface area contributed by atoms with Crippen molar-refractivity contribution < 1.29 is 14.4 Å². The highest BCUT2D eigenvalue weighted by Crippen LogP contribution is 2.13. The maximum atomic E-state index is 11.9. The van der Waals surface area contributed by atoms with Gasteiger partial charge in [-0.05, 0) is 25.8 Å². The molecule has 7 heteroatoms. The van der Waals surface area contributed by atoms with Crippen molar-refractivity contribution >= 4 is 17.7 Å². The first-order chi connectivity index (χ1) is 9.06. The third-order valence-electron chi connectivity index (χ3n) is 3.59. The van der Waals surface area contributed by atoms with Crippen LogP contribution in [0.1, 0.15) is 25.7 Å². The third-order valence-corrected chi connectivity index (χ3v) is 3.59. The summed E-state index contributed by atoms with van der Waals surface area (Å²) in [5.74, 6) is -0.667. The van der Waals surface area contributed by atoms with Gasteiger partial charge in [0, 0.05) is 19.0 Å². The van der Waals surface area contributed by atoms with Gasteiger partial charge in [0.15, 0.2) is 0 Å². The molecule has 7 nitrogen and oxygen atoms in total.